The van der Waals surface area contributed by atoms with Crippen LogP contribution in [-0.2, 0) is 6.54 Å². The van der Waals surface area contributed by atoms with Gasteiger partial charge >= 0.3 is 0 Å². The minimum Gasteiger partial charge on any atom is -0.309 e. The lowest BCUT2D eigenvalue weighted by Gasteiger charge is -2.37. The SMILES string of the molecule is CN1CC[C@@H](NCc2ccccc2F)[C@@H](c2ccccc2)C1. The van der Waals surface area contributed by atoms with Crippen molar-refractivity contribution in [3.8, 4) is 0 Å². The maximum atomic E-state index is 13.8. The molecule has 1 N–H and O–H groups in total. The molecular weight excluding hydrogens is 275 g/mol. The molecule has 2 nitrogen and oxygen atoms in total. The van der Waals surface area contributed by atoms with Crippen LogP contribution in [0.4, 0.5) is 4.39 Å². The van der Waals surface area contributed by atoms with Gasteiger partial charge in [-0.1, -0.05) is 48.5 Å². The number of hydrogen-bond donors (Lipinski definition) is 1. The van der Waals surface area contributed by atoms with Crippen molar-refractivity contribution in [1.82, 2.24) is 10.2 Å². The van der Waals surface area contributed by atoms with E-state index in [-0.39, 0.29) is 5.82 Å². The monoisotopic (exact) mass is 298 g/mol. The molecule has 0 spiro atoms. The van der Waals surface area contributed by atoms with Crippen molar-refractivity contribution in [3.05, 3.63) is 71.5 Å². The molecule has 3 heteroatoms. The summed E-state index contributed by atoms with van der Waals surface area (Å²) in [4.78, 5) is 2.37. The fourth-order valence-electron chi connectivity index (χ4n) is 3.28. The molecule has 2 aromatic carbocycles. The third kappa shape index (κ3) is 3.54. The second-order valence-electron chi connectivity index (χ2n) is 6.15. The molecule has 1 aliphatic heterocycles. The van der Waals surface area contributed by atoms with E-state index in [9.17, 15) is 4.39 Å². The van der Waals surface area contributed by atoms with Crippen LogP contribution in [0.5, 0.6) is 0 Å². The van der Waals surface area contributed by atoms with E-state index < -0.39 is 0 Å². The van der Waals surface area contributed by atoms with Gasteiger partial charge in [0.2, 0.25) is 0 Å². The summed E-state index contributed by atoms with van der Waals surface area (Å²) in [6.07, 6.45) is 1.09. The molecule has 0 aromatic heterocycles. The smallest absolute Gasteiger partial charge is 0.127 e. The molecule has 0 radical (unpaired) electrons. The van der Waals surface area contributed by atoms with Crippen LogP contribution in [0.25, 0.3) is 0 Å². The van der Waals surface area contributed by atoms with E-state index in [0.29, 0.717) is 18.5 Å². The number of nitrogens with zero attached hydrogens (tertiary/aromatic N) is 1. The maximum absolute atomic E-state index is 13.8. The summed E-state index contributed by atoms with van der Waals surface area (Å²) in [6, 6.07) is 18.0. The maximum Gasteiger partial charge on any atom is 0.127 e. The standard InChI is InChI=1S/C19H23FN2/c1-22-12-11-19(17(14-22)15-7-3-2-4-8-15)21-13-16-9-5-6-10-18(16)20/h2-10,17,19,21H,11-14H2,1H3/t17-,19-/m1/s1. The van der Waals surface area contributed by atoms with Crippen LogP contribution in [0, 0.1) is 5.82 Å². The Balaban J connectivity index is 1.72. The molecular formula is C19H23FN2. The van der Waals surface area contributed by atoms with Gasteiger partial charge < -0.3 is 10.2 Å². The summed E-state index contributed by atoms with van der Waals surface area (Å²) in [7, 11) is 2.17. The normalized spacial score (nSPS) is 22.6. The zero-order chi connectivity index (χ0) is 15.4. The summed E-state index contributed by atoms with van der Waals surface area (Å²) in [5.41, 5.74) is 2.10. The molecule has 116 valence electrons. The Bertz CT molecular complexity index is 599. The molecule has 3 rings (SSSR count). The van der Waals surface area contributed by atoms with Crippen molar-refractivity contribution >= 4 is 0 Å². The van der Waals surface area contributed by atoms with Crippen LogP contribution in [0.2, 0.25) is 0 Å². The Morgan fingerprint density at radius 3 is 2.59 bits per heavy atom. The summed E-state index contributed by atoms with van der Waals surface area (Å²) in [6.45, 7) is 2.71. The van der Waals surface area contributed by atoms with Crippen LogP contribution >= 0.6 is 0 Å². The number of nitrogens with one attached hydrogen (secondary N) is 1. The van der Waals surface area contributed by atoms with Crippen molar-refractivity contribution in [2.75, 3.05) is 20.1 Å². The summed E-state index contributed by atoms with van der Waals surface area (Å²) in [5, 5.41) is 3.58. The predicted octanol–water partition coefficient (Wildman–Crippen LogP) is 3.40. The first-order chi connectivity index (χ1) is 10.7. The highest BCUT2D eigenvalue weighted by Gasteiger charge is 2.28. The third-order valence-corrected chi connectivity index (χ3v) is 4.56. The zero-order valence-corrected chi connectivity index (χ0v) is 13.0. The van der Waals surface area contributed by atoms with Gasteiger partial charge in [0.25, 0.3) is 0 Å². The van der Waals surface area contributed by atoms with Gasteiger partial charge in [0.05, 0.1) is 0 Å². The summed E-state index contributed by atoms with van der Waals surface area (Å²) < 4.78 is 13.8. The lowest BCUT2D eigenvalue weighted by molar-refractivity contribution is 0.205. The molecule has 1 fully saturated rings. The first-order valence-corrected chi connectivity index (χ1v) is 7.94. The molecule has 22 heavy (non-hydrogen) atoms. The Morgan fingerprint density at radius 2 is 1.82 bits per heavy atom. The largest absolute Gasteiger partial charge is 0.309 e. The van der Waals surface area contributed by atoms with Gasteiger partial charge in [-0.2, -0.15) is 0 Å². The van der Waals surface area contributed by atoms with E-state index in [4.69, 9.17) is 0 Å². The fourth-order valence-corrected chi connectivity index (χ4v) is 3.28. The first kappa shape index (κ1) is 15.2. The van der Waals surface area contributed by atoms with Crippen molar-refractivity contribution in [2.24, 2.45) is 0 Å². The quantitative estimate of drug-likeness (QED) is 0.930. The van der Waals surface area contributed by atoms with Gasteiger partial charge in [-0.3, -0.25) is 0 Å². The van der Waals surface area contributed by atoms with Gasteiger partial charge in [-0.15, -0.1) is 0 Å². The Labute approximate surface area is 132 Å². The topological polar surface area (TPSA) is 15.3 Å². The first-order valence-electron chi connectivity index (χ1n) is 7.94. The predicted molar refractivity (Wildman–Crippen MR) is 88.3 cm³/mol. The van der Waals surface area contributed by atoms with E-state index in [1.54, 1.807) is 6.07 Å². The Hall–Kier alpha value is -1.71. The highest BCUT2D eigenvalue weighted by Crippen LogP contribution is 2.27. The van der Waals surface area contributed by atoms with E-state index in [1.165, 1.54) is 11.6 Å². The number of likely N-dealkylation sites (tertiary alicyclic amines) is 1. The van der Waals surface area contributed by atoms with Crippen molar-refractivity contribution < 1.29 is 4.39 Å². The van der Waals surface area contributed by atoms with E-state index in [1.807, 2.05) is 12.1 Å². The lowest BCUT2D eigenvalue weighted by atomic mass is 9.86. The molecule has 0 amide bonds. The number of piperidine rings is 1. The molecule has 0 bridgehead atoms. The van der Waals surface area contributed by atoms with E-state index in [2.05, 4.69) is 47.6 Å². The molecule has 2 atom stereocenters. The van der Waals surface area contributed by atoms with Gasteiger partial charge in [-0.25, -0.2) is 4.39 Å². The van der Waals surface area contributed by atoms with Gasteiger partial charge in [0.15, 0.2) is 0 Å². The van der Waals surface area contributed by atoms with Crippen molar-refractivity contribution in [1.29, 1.82) is 0 Å². The van der Waals surface area contributed by atoms with Crippen LogP contribution in [0.15, 0.2) is 54.6 Å². The molecule has 2 aromatic rings. The Kier molecular flexibility index (Phi) is 4.86. The number of likely N-dealkylation sites (N-methyl/N-ethyl adjacent to an activating group) is 1. The fraction of sp³-hybridized carbons (Fsp3) is 0.368. The zero-order valence-electron chi connectivity index (χ0n) is 13.0. The highest BCUT2D eigenvalue weighted by atomic mass is 19.1. The van der Waals surface area contributed by atoms with Crippen LogP contribution < -0.4 is 5.32 Å². The minimum atomic E-state index is -0.126. The minimum absolute atomic E-state index is 0.126. The Morgan fingerprint density at radius 1 is 1.09 bits per heavy atom. The number of hydrogen-bond acceptors (Lipinski definition) is 2. The van der Waals surface area contributed by atoms with Crippen molar-refractivity contribution in [3.63, 3.8) is 0 Å². The van der Waals surface area contributed by atoms with Gasteiger partial charge in [0.1, 0.15) is 5.82 Å². The number of benzene rings is 2. The average Bonchev–Trinajstić information content (AvgIpc) is 2.56. The second kappa shape index (κ2) is 7.03. The summed E-state index contributed by atoms with van der Waals surface area (Å²) >= 11 is 0. The molecule has 0 unspecified atom stereocenters. The third-order valence-electron chi connectivity index (χ3n) is 4.56. The lowest BCUT2D eigenvalue weighted by Crippen LogP contribution is -2.46. The molecule has 1 heterocycles. The second-order valence-corrected chi connectivity index (χ2v) is 6.15. The average molecular weight is 298 g/mol. The van der Waals surface area contributed by atoms with Gasteiger partial charge in [0, 0.05) is 30.6 Å². The number of halogens is 1. The van der Waals surface area contributed by atoms with Crippen LogP contribution in [0.1, 0.15) is 23.5 Å². The summed E-state index contributed by atoms with van der Waals surface area (Å²) in [5.74, 6) is 0.325. The molecule has 1 aliphatic rings. The highest BCUT2D eigenvalue weighted by molar-refractivity contribution is 5.23. The van der Waals surface area contributed by atoms with E-state index >= 15 is 0 Å². The molecule has 0 saturated carbocycles. The molecule has 1 saturated heterocycles. The van der Waals surface area contributed by atoms with Crippen molar-refractivity contribution in [2.45, 2.75) is 24.9 Å². The number of rotatable bonds is 4. The van der Waals surface area contributed by atoms with Crippen LogP contribution in [0.3, 0.4) is 0 Å². The van der Waals surface area contributed by atoms with E-state index in [0.717, 1.165) is 25.1 Å². The van der Waals surface area contributed by atoms with Gasteiger partial charge in [-0.05, 0) is 31.6 Å². The molecule has 0 aliphatic carbocycles. The van der Waals surface area contributed by atoms with Crippen LogP contribution in [-0.4, -0.2) is 31.1 Å².